The second-order valence-electron chi connectivity index (χ2n) is 6.55. The number of ether oxygens (including phenoxy) is 1. The molecule has 1 amide bonds. The lowest BCUT2D eigenvalue weighted by Gasteiger charge is -2.38. The van der Waals surface area contributed by atoms with Crippen LogP contribution in [0.3, 0.4) is 0 Å². The summed E-state index contributed by atoms with van der Waals surface area (Å²) < 4.78 is 5.30. The summed E-state index contributed by atoms with van der Waals surface area (Å²) in [5.41, 5.74) is 1.75. The van der Waals surface area contributed by atoms with Crippen LogP contribution in [0, 0.1) is 0 Å². The number of carbonyl (C=O) groups is 1. The number of methoxy groups -OCH3 is 1. The Morgan fingerprint density at radius 1 is 1.07 bits per heavy atom. The smallest absolute Gasteiger partial charge is 0.241 e. The maximum atomic E-state index is 12.6. The average Bonchev–Trinajstić information content (AvgIpc) is 2.66. The van der Waals surface area contributed by atoms with Crippen molar-refractivity contribution < 1.29 is 9.53 Å². The lowest BCUT2D eigenvalue weighted by molar-refractivity contribution is -0.120. The quantitative estimate of drug-likeness (QED) is 0.808. The fourth-order valence-corrected chi connectivity index (χ4v) is 3.74. The summed E-state index contributed by atoms with van der Waals surface area (Å²) in [5.74, 6) is 0.783. The predicted molar refractivity (Wildman–Crippen MR) is 111 cm³/mol. The number of rotatable bonds is 5. The summed E-state index contributed by atoms with van der Waals surface area (Å²) in [6, 6.07) is 12.8. The topological polar surface area (TPSA) is 44.8 Å². The van der Waals surface area contributed by atoms with Gasteiger partial charge in [-0.3, -0.25) is 9.69 Å². The minimum atomic E-state index is -0.241. The van der Waals surface area contributed by atoms with E-state index in [-0.39, 0.29) is 11.9 Å². The van der Waals surface area contributed by atoms with E-state index in [1.807, 2.05) is 25.1 Å². The van der Waals surface area contributed by atoms with Crippen LogP contribution in [0.4, 0.5) is 11.4 Å². The zero-order valence-electron chi connectivity index (χ0n) is 15.4. The molecule has 0 saturated carbocycles. The van der Waals surface area contributed by atoms with Gasteiger partial charge in [0.25, 0.3) is 0 Å². The molecule has 1 saturated heterocycles. The summed E-state index contributed by atoms with van der Waals surface area (Å²) in [7, 11) is 1.67. The Bertz CT molecular complexity index is 787. The maximum Gasteiger partial charge on any atom is 0.241 e. The highest BCUT2D eigenvalue weighted by Gasteiger charge is 2.26. The summed E-state index contributed by atoms with van der Waals surface area (Å²) in [6.07, 6.45) is 0. The van der Waals surface area contributed by atoms with Crippen LogP contribution in [0.15, 0.2) is 42.5 Å². The van der Waals surface area contributed by atoms with E-state index in [1.165, 1.54) is 0 Å². The van der Waals surface area contributed by atoms with Gasteiger partial charge in [-0.15, -0.1) is 0 Å². The van der Waals surface area contributed by atoms with Crippen LogP contribution in [-0.4, -0.2) is 50.1 Å². The molecule has 7 heteroatoms. The van der Waals surface area contributed by atoms with E-state index in [0.717, 1.165) is 37.6 Å². The SMILES string of the molecule is COc1cccc(N2CCN([C@@H](C)C(=O)Nc3cc(Cl)cc(Cl)c3)CC2)c1. The zero-order valence-corrected chi connectivity index (χ0v) is 16.9. The number of amides is 1. The average molecular weight is 408 g/mol. The number of piperazine rings is 1. The van der Waals surface area contributed by atoms with Gasteiger partial charge in [-0.05, 0) is 37.3 Å². The third-order valence-corrected chi connectivity index (χ3v) is 5.23. The Balaban J connectivity index is 1.57. The molecule has 1 N–H and O–H groups in total. The molecule has 27 heavy (non-hydrogen) atoms. The van der Waals surface area contributed by atoms with Gasteiger partial charge in [-0.2, -0.15) is 0 Å². The van der Waals surface area contributed by atoms with Crippen molar-refractivity contribution in [2.45, 2.75) is 13.0 Å². The number of hydrogen-bond acceptors (Lipinski definition) is 4. The molecule has 0 spiro atoms. The lowest BCUT2D eigenvalue weighted by atomic mass is 10.2. The molecule has 2 aromatic carbocycles. The Morgan fingerprint density at radius 3 is 2.37 bits per heavy atom. The van der Waals surface area contributed by atoms with Crippen molar-refractivity contribution in [3.8, 4) is 5.75 Å². The Morgan fingerprint density at radius 2 is 1.74 bits per heavy atom. The molecule has 0 aromatic heterocycles. The molecule has 0 radical (unpaired) electrons. The monoisotopic (exact) mass is 407 g/mol. The van der Waals surface area contributed by atoms with Crippen LogP contribution in [0.1, 0.15) is 6.92 Å². The highest BCUT2D eigenvalue weighted by molar-refractivity contribution is 6.35. The molecule has 1 heterocycles. The lowest BCUT2D eigenvalue weighted by Crippen LogP contribution is -2.52. The van der Waals surface area contributed by atoms with Crippen molar-refractivity contribution in [1.29, 1.82) is 0 Å². The van der Waals surface area contributed by atoms with E-state index in [9.17, 15) is 4.79 Å². The molecular formula is C20H23Cl2N3O2. The minimum absolute atomic E-state index is 0.0665. The van der Waals surface area contributed by atoms with E-state index < -0.39 is 0 Å². The van der Waals surface area contributed by atoms with Crippen LogP contribution in [0.25, 0.3) is 0 Å². The predicted octanol–water partition coefficient (Wildman–Crippen LogP) is 4.15. The first-order chi connectivity index (χ1) is 13.0. The van der Waals surface area contributed by atoms with Crippen molar-refractivity contribution in [1.82, 2.24) is 4.90 Å². The van der Waals surface area contributed by atoms with Gasteiger partial charge in [0.15, 0.2) is 0 Å². The van der Waals surface area contributed by atoms with Crippen LogP contribution in [-0.2, 0) is 4.79 Å². The Kier molecular flexibility index (Phi) is 6.47. The van der Waals surface area contributed by atoms with Crippen LogP contribution >= 0.6 is 23.2 Å². The van der Waals surface area contributed by atoms with Crippen molar-refractivity contribution in [2.24, 2.45) is 0 Å². The second kappa shape index (κ2) is 8.83. The van der Waals surface area contributed by atoms with Crippen LogP contribution < -0.4 is 15.0 Å². The van der Waals surface area contributed by atoms with E-state index in [2.05, 4.69) is 21.2 Å². The molecule has 0 bridgehead atoms. The van der Waals surface area contributed by atoms with E-state index >= 15 is 0 Å². The number of nitrogens with one attached hydrogen (secondary N) is 1. The van der Waals surface area contributed by atoms with E-state index in [1.54, 1.807) is 25.3 Å². The van der Waals surface area contributed by atoms with Crippen LogP contribution in [0.2, 0.25) is 10.0 Å². The van der Waals surface area contributed by atoms with E-state index in [4.69, 9.17) is 27.9 Å². The number of halogens is 2. The van der Waals surface area contributed by atoms with Crippen molar-refractivity contribution in [3.05, 3.63) is 52.5 Å². The van der Waals surface area contributed by atoms with Crippen molar-refractivity contribution >= 4 is 40.5 Å². The van der Waals surface area contributed by atoms with Crippen molar-refractivity contribution in [3.63, 3.8) is 0 Å². The zero-order chi connectivity index (χ0) is 19.4. The first-order valence-corrected chi connectivity index (χ1v) is 9.62. The highest BCUT2D eigenvalue weighted by atomic mass is 35.5. The molecule has 5 nitrogen and oxygen atoms in total. The van der Waals surface area contributed by atoms with Gasteiger partial charge < -0.3 is 15.0 Å². The summed E-state index contributed by atoms with van der Waals surface area (Å²) in [4.78, 5) is 17.1. The summed E-state index contributed by atoms with van der Waals surface area (Å²) in [5, 5.41) is 3.89. The minimum Gasteiger partial charge on any atom is -0.497 e. The van der Waals surface area contributed by atoms with Crippen LogP contribution in [0.5, 0.6) is 5.75 Å². The molecule has 0 aliphatic carbocycles. The summed E-state index contributed by atoms with van der Waals surface area (Å²) in [6.45, 7) is 5.24. The Labute approximate surface area is 169 Å². The third kappa shape index (κ3) is 5.06. The van der Waals surface area contributed by atoms with E-state index in [0.29, 0.717) is 15.7 Å². The molecule has 1 atom stereocenters. The van der Waals surface area contributed by atoms with Gasteiger partial charge in [0.05, 0.1) is 13.2 Å². The molecule has 1 fully saturated rings. The normalized spacial score (nSPS) is 16.1. The molecule has 1 aliphatic heterocycles. The number of hydrogen-bond donors (Lipinski definition) is 1. The van der Waals surface area contributed by atoms with Gasteiger partial charge in [0.2, 0.25) is 5.91 Å². The molecule has 2 aromatic rings. The third-order valence-electron chi connectivity index (χ3n) is 4.79. The van der Waals surface area contributed by atoms with Gasteiger partial charge in [0, 0.05) is 53.7 Å². The summed E-state index contributed by atoms with van der Waals surface area (Å²) >= 11 is 12.0. The highest BCUT2D eigenvalue weighted by Crippen LogP contribution is 2.24. The van der Waals surface area contributed by atoms with Crippen molar-refractivity contribution in [2.75, 3.05) is 43.5 Å². The number of nitrogens with zero attached hydrogens (tertiary/aromatic N) is 2. The molecular weight excluding hydrogens is 385 g/mol. The number of benzene rings is 2. The van der Waals surface area contributed by atoms with Gasteiger partial charge in [0.1, 0.15) is 5.75 Å². The molecule has 0 unspecified atom stereocenters. The fraction of sp³-hybridized carbons (Fsp3) is 0.350. The number of carbonyl (C=O) groups excluding carboxylic acids is 1. The molecule has 144 valence electrons. The fourth-order valence-electron chi connectivity index (χ4n) is 3.21. The van der Waals surface area contributed by atoms with Gasteiger partial charge in [-0.25, -0.2) is 0 Å². The molecule has 1 aliphatic rings. The van der Waals surface area contributed by atoms with Gasteiger partial charge in [-0.1, -0.05) is 29.3 Å². The van der Waals surface area contributed by atoms with Gasteiger partial charge >= 0.3 is 0 Å². The molecule has 3 rings (SSSR count). The number of anilines is 2. The first kappa shape index (κ1) is 19.8. The second-order valence-corrected chi connectivity index (χ2v) is 7.42. The Hall–Kier alpha value is -1.95. The standard InChI is InChI=1S/C20H23Cl2N3O2/c1-14(20(26)23-17-11-15(21)10-16(22)12-17)24-6-8-25(9-7-24)18-4-3-5-19(13-18)27-2/h3-5,10-14H,6-9H2,1-2H3,(H,23,26)/t14-/m0/s1. The maximum absolute atomic E-state index is 12.6. The largest absolute Gasteiger partial charge is 0.497 e. The first-order valence-electron chi connectivity index (χ1n) is 8.86.